The molecule has 2 heterocycles. The van der Waals surface area contributed by atoms with Gasteiger partial charge in [-0.1, -0.05) is 0 Å². The quantitative estimate of drug-likeness (QED) is 0.748. The highest BCUT2D eigenvalue weighted by atomic mass is 16.2. The molecule has 1 N–H and O–H groups in total. The maximum atomic E-state index is 12.0. The minimum atomic E-state index is 0.105. The minimum absolute atomic E-state index is 0.105. The second-order valence-electron chi connectivity index (χ2n) is 5.21. The maximum absolute atomic E-state index is 12.0. The molecule has 2 amide bonds. The molecule has 0 aromatic carbocycles. The van der Waals surface area contributed by atoms with Gasteiger partial charge in [-0.3, -0.25) is 4.90 Å². The molecule has 0 radical (unpaired) electrons. The topological polar surface area (TPSA) is 59.4 Å². The van der Waals surface area contributed by atoms with E-state index >= 15 is 0 Å². The Balaban J connectivity index is 1.70. The van der Waals surface area contributed by atoms with E-state index in [0.717, 1.165) is 51.9 Å². The molecule has 5 nitrogen and oxygen atoms in total. The number of nitrogens with one attached hydrogen (secondary N) is 1. The Kier molecular flexibility index (Phi) is 4.82. The third kappa shape index (κ3) is 3.61. The van der Waals surface area contributed by atoms with Gasteiger partial charge in [-0.2, -0.15) is 5.26 Å². The Hall–Kier alpha value is -1.28. The average Bonchev–Trinajstić information content (AvgIpc) is 2.42. The van der Waals surface area contributed by atoms with E-state index < -0.39 is 0 Å². The molecule has 0 bridgehead atoms. The van der Waals surface area contributed by atoms with Crippen LogP contribution in [0.3, 0.4) is 0 Å². The van der Waals surface area contributed by atoms with Gasteiger partial charge in [0.25, 0.3) is 0 Å². The molecule has 0 atom stereocenters. The summed E-state index contributed by atoms with van der Waals surface area (Å²) in [6.07, 6.45) is 5.43. The molecule has 0 spiro atoms. The zero-order valence-electron chi connectivity index (χ0n) is 10.9. The fourth-order valence-electron chi connectivity index (χ4n) is 2.70. The van der Waals surface area contributed by atoms with E-state index in [1.165, 1.54) is 6.42 Å². The van der Waals surface area contributed by atoms with Crippen LogP contribution in [0.4, 0.5) is 4.79 Å². The van der Waals surface area contributed by atoms with Gasteiger partial charge < -0.3 is 10.2 Å². The number of urea groups is 1. The van der Waals surface area contributed by atoms with E-state index in [1.54, 1.807) is 0 Å². The van der Waals surface area contributed by atoms with Crippen LogP contribution in [0, 0.1) is 11.3 Å². The molecule has 0 aromatic heterocycles. The molecule has 0 aromatic rings. The first-order valence-electron chi connectivity index (χ1n) is 6.94. The lowest BCUT2D eigenvalue weighted by Gasteiger charge is -2.33. The van der Waals surface area contributed by atoms with Gasteiger partial charge in [0.2, 0.25) is 0 Å². The lowest BCUT2D eigenvalue weighted by atomic mass is 10.1. The Labute approximate surface area is 109 Å². The standard InChI is InChI=1S/C13H22N4O/c14-6-11-16-9-4-12(5-10-16)15-13(18)17-7-2-1-3-8-17/h12H,1-5,7-11H2,(H,15,18). The summed E-state index contributed by atoms with van der Waals surface area (Å²) in [6, 6.07) is 2.57. The van der Waals surface area contributed by atoms with E-state index in [4.69, 9.17) is 5.26 Å². The smallest absolute Gasteiger partial charge is 0.317 e. The van der Waals surface area contributed by atoms with Crippen LogP contribution in [0.25, 0.3) is 0 Å². The predicted octanol–water partition coefficient (Wildman–Crippen LogP) is 1.17. The van der Waals surface area contributed by atoms with Crippen molar-refractivity contribution in [1.82, 2.24) is 15.1 Å². The van der Waals surface area contributed by atoms with Gasteiger partial charge in [-0.15, -0.1) is 0 Å². The van der Waals surface area contributed by atoms with Gasteiger partial charge in [-0.25, -0.2) is 4.79 Å². The van der Waals surface area contributed by atoms with Gasteiger partial charge in [-0.05, 0) is 32.1 Å². The molecule has 2 fully saturated rings. The molecule has 5 heteroatoms. The molecular formula is C13H22N4O. The summed E-state index contributed by atoms with van der Waals surface area (Å²) in [5.41, 5.74) is 0. The number of hydrogen-bond donors (Lipinski definition) is 1. The van der Waals surface area contributed by atoms with Crippen LogP contribution in [-0.2, 0) is 0 Å². The molecule has 18 heavy (non-hydrogen) atoms. The third-order valence-electron chi connectivity index (χ3n) is 3.85. The van der Waals surface area contributed by atoms with Crippen LogP contribution in [0.15, 0.2) is 0 Å². The van der Waals surface area contributed by atoms with Crippen LogP contribution >= 0.6 is 0 Å². The van der Waals surface area contributed by atoms with Gasteiger partial charge in [0.1, 0.15) is 0 Å². The van der Waals surface area contributed by atoms with Crippen LogP contribution in [0.2, 0.25) is 0 Å². The first kappa shape index (κ1) is 13.2. The van der Waals surface area contributed by atoms with Gasteiger partial charge in [0.15, 0.2) is 0 Å². The van der Waals surface area contributed by atoms with Crippen molar-refractivity contribution in [2.45, 2.75) is 38.1 Å². The fraction of sp³-hybridized carbons (Fsp3) is 0.846. The molecule has 2 aliphatic heterocycles. The number of hydrogen-bond acceptors (Lipinski definition) is 3. The first-order chi connectivity index (χ1) is 8.79. The largest absolute Gasteiger partial charge is 0.335 e. The monoisotopic (exact) mass is 250 g/mol. The van der Waals surface area contributed by atoms with E-state index in [1.807, 2.05) is 4.90 Å². The second-order valence-corrected chi connectivity index (χ2v) is 5.21. The molecule has 0 saturated carbocycles. The Morgan fingerprint density at radius 1 is 1.17 bits per heavy atom. The highest BCUT2D eigenvalue weighted by molar-refractivity contribution is 5.74. The summed E-state index contributed by atoms with van der Waals surface area (Å²) in [7, 11) is 0. The van der Waals surface area contributed by atoms with Crippen LogP contribution in [-0.4, -0.2) is 54.6 Å². The van der Waals surface area contributed by atoms with Crippen molar-refractivity contribution in [3.63, 3.8) is 0 Å². The Morgan fingerprint density at radius 3 is 2.44 bits per heavy atom. The third-order valence-corrected chi connectivity index (χ3v) is 3.85. The number of likely N-dealkylation sites (tertiary alicyclic amines) is 2. The SMILES string of the molecule is N#CCN1CCC(NC(=O)N2CCCCC2)CC1. The molecule has 100 valence electrons. The summed E-state index contributed by atoms with van der Waals surface area (Å²) in [5, 5.41) is 11.8. The second kappa shape index (κ2) is 6.60. The summed E-state index contributed by atoms with van der Waals surface area (Å²) < 4.78 is 0. The highest BCUT2D eigenvalue weighted by Gasteiger charge is 2.23. The average molecular weight is 250 g/mol. The van der Waals surface area contributed by atoms with Crippen LogP contribution in [0.1, 0.15) is 32.1 Å². The molecule has 2 saturated heterocycles. The lowest BCUT2D eigenvalue weighted by Crippen LogP contribution is -2.50. The van der Waals surface area contributed by atoms with Crippen molar-refractivity contribution in [3.05, 3.63) is 0 Å². The maximum Gasteiger partial charge on any atom is 0.317 e. The van der Waals surface area contributed by atoms with Crippen molar-refractivity contribution in [1.29, 1.82) is 5.26 Å². The van der Waals surface area contributed by atoms with Crippen molar-refractivity contribution < 1.29 is 4.79 Å². The number of nitrogens with zero attached hydrogens (tertiary/aromatic N) is 3. The highest BCUT2D eigenvalue weighted by Crippen LogP contribution is 2.12. The molecule has 2 rings (SSSR count). The van der Waals surface area contributed by atoms with E-state index in [2.05, 4.69) is 16.3 Å². The molecular weight excluding hydrogens is 228 g/mol. The summed E-state index contributed by atoms with van der Waals surface area (Å²) >= 11 is 0. The normalized spacial score (nSPS) is 22.5. The zero-order chi connectivity index (χ0) is 12.8. The molecule has 2 aliphatic rings. The minimum Gasteiger partial charge on any atom is -0.335 e. The van der Waals surface area contributed by atoms with Crippen molar-refractivity contribution >= 4 is 6.03 Å². The summed E-state index contributed by atoms with van der Waals surface area (Å²) in [5.74, 6) is 0. The van der Waals surface area contributed by atoms with Crippen molar-refractivity contribution in [2.75, 3.05) is 32.7 Å². The van der Waals surface area contributed by atoms with Crippen molar-refractivity contribution in [2.24, 2.45) is 0 Å². The lowest BCUT2D eigenvalue weighted by molar-refractivity contribution is 0.169. The van der Waals surface area contributed by atoms with E-state index in [9.17, 15) is 4.79 Å². The van der Waals surface area contributed by atoms with Gasteiger partial charge in [0.05, 0.1) is 12.6 Å². The van der Waals surface area contributed by atoms with Crippen LogP contribution < -0.4 is 5.32 Å². The number of nitriles is 1. The van der Waals surface area contributed by atoms with E-state index in [0.29, 0.717) is 6.54 Å². The predicted molar refractivity (Wildman–Crippen MR) is 69.0 cm³/mol. The van der Waals surface area contributed by atoms with Gasteiger partial charge >= 0.3 is 6.03 Å². The fourth-order valence-corrected chi connectivity index (χ4v) is 2.70. The molecule has 0 unspecified atom stereocenters. The Bertz CT molecular complexity index is 311. The number of amides is 2. The number of carbonyl (C=O) groups excluding carboxylic acids is 1. The summed E-state index contributed by atoms with van der Waals surface area (Å²) in [4.78, 5) is 16.1. The van der Waals surface area contributed by atoms with E-state index in [-0.39, 0.29) is 12.1 Å². The van der Waals surface area contributed by atoms with Gasteiger partial charge in [0, 0.05) is 32.2 Å². The summed E-state index contributed by atoms with van der Waals surface area (Å²) in [6.45, 7) is 4.14. The van der Waals surface area contributed by atoms with Crippen LogP contribution in [0.5, 0.6) is 0 Å². The number of carbonyl (C=O) groups is 1. The first-order valence-corrected chi connectivity index (χ1v) is 6.94. The number of rotatable bonds is 2. The zero-order valence-corrected chi connectivity index (χ0v) is 10.9. The number of piperidine rings is 2. The molecule has 0 aliphatic carbocycles. The van der Waals surface area contributed by atoms with Crippen molar-refractivity contribution in [3.8, 4) is 6.07 Å². The Morgan fingerprint density at radius 2 is 1.83 bits per heavy atom.